The van der Waals surface area contributed by atoms with E-state index in [0.717, 1.165) is 19.3 Å². The molecule has 10 heteroatoms. The number of hydrazine groups is 1. The number of amides is 1. The summed E-state index contributed by atoms with van der Waals surface area (Å²) in [6, 6.07) is 6.89. The molecule has 10 nitrogen and oxygen atoms in total. The quantitative estimate of drug-likeness (QED) is 0.516. The topological polar surface area (TPSA) is 123 Å². The number of aromatic nitrogens is 2. The average Bonchev–Trinajstić information content (AvgIpc) is 2.99. The van der Waals surface area contributed by atoms with Gasteiger partial charge in [-0.2, -0.15) is 0 Å². The van der Waals surface area contributed by atoms with Crippen LogP contribution in [0.4, 0.5) is 17.3 Å². The Labute approximate surface area is 186 Å². The van der Waals surface area contributed by atoms with E-state index in [-0.39, 0.29) is 34.2 Å². The van der Waals surface area contributed by atoms with Crippen molar-refractivity contribution in [2.75, 3.05) is 24.0 Å². The van der Waals surface area contributed by atoms with Crippen molar-refractivity contribution in [3.8, 4) is 5.75 Å². The summed E-state index contributed by atoms with van der Waals surface area (Å²) in [7, 11) is 1.47. The van der Waals surface area contributed by atoms with Crippen molar-refractivity contribution in [1.82, 2.24) is 15.4 Å². The molecule has 2 bridgehead atoms. The molecular weight excluding hydrogens is 412 g/mol. The first kappa shape index (κ1) is 21.8. The van der Waals surface area contributed by atoms with Crippen molar-refractivity contribution in [3.63, 3.8) is 0 Å². The second kappa shape index (κ2) is 7.92. The number of nitro groups is 1. The SMILES string of the molecule is COc1ccccc1C(=O)NNc1ncnc(N2CC3(C)CC2CC(C)(C)C3)c1[N+](=O)[O-]. The van der Waals surface area contributed by atoms with Gasteiger partial charge >= 0.3 is 5.69 Å². The van der Waals surface area contributed by atoms with E-state index in [1.807, 2.05) is 4.90 Å². The highest BCUT2D eigenvalue weighted by atomic mass is 16.6. The monoisotopic (exact) mass is 440 g/mol. The number of carbonyl (C=O) groups is 1. The summed E-state index contributed by atoms with van der Waals surface area (Å²) in [5, 5.41) is 12.0. The number of anilines is 2. The van der Waals surface area contributed by atoms with Crippen molar-refractivity contribution in [1.29, 1.82) is 0 Å². The van der Waals surface area contributed by atoms with Gasteiger partial charge in [0.25, 0.3) is 5.91 Å². The summed E-state index contributed by atoms with van der Waals surface area (Å²) in [4.78, 5) is 34.5. The third-order valence-electron chi connectivity index (χ3n) is 6.32. The second-order valence-electron chi connectivity index (χ2n) is 9.77. The molecule has 1 amide bonds. The van der Waals surface area contributed by atoms with Crippen LogP contribution in [0.3, 0.4) is 0 Å². The van der Waals surface area contributed by atoms with Gasteiger partial charge in [-0.15, -0.1) is 0 Å². The normalized spacial score (nSPS) is 23.5. The minimum absolute atomic E-state index is 0.0610. The Bertz CT molecular complexity index is 1060. The molecule has 4 rings (SSSR count). The Morgan fingerprint density at radius 2 is 2.00 bits per heavy atom. The molecule has 1 aromatic carbocycles. The summed E-state index contributed by atoms with van der Waals surface area (Å²) >= 11 is 0. The van der Waals surface area contributed by atoms with E-state index >= 15 is 0 Å². The molecule has 2 unspecified atom stereocenters. The number of hydrogen-bond donors (Lipinski definition) is 2. The smallest absolute Gasteiger partial charge is 0.355 e. The number of nitrogens with one attached hydrogen (secondary N) is 2. The van der Waals surface area contributed by atoms with Gasteiger partial charge in [-0.1, -0.05) is 32.9 Å². The molecule has 2 aromatic rings. The number of hydrogen-bond acceptors (Lipinski definition) is 8. The van der Waals surface area contributed by atoms with Crippen LogP contribution in [0.5, 0.6) is 5.75 Å². The first-order chi connectivity index (χ1) is 15.1. The molecule has 2 atom stereocenters. The Morgan fingerprint density at radius 3 is 2.72 bits per heavy atom. The Balaban J connectivity index is 1.61. The van der Waals surface area contributed by atoms with Gasteiger partial charge in [0, 0.05) is 12.6 Å². The van der Waals surface area contributed by atoms with E-state index in [9.17, 15) is 14.9 Å². The van der Waals surface area contributed by atoms with Crippen molar-refractivity contribution in [3.05, 3.63) is 46.3 Å². The maximum absolute atomic E-state index is 12.6. The van der Waals surface area contributed by atoms with Crippen molar-refractivity contribution < 1.29 is 14.5 Å². The lowest BCUT2D eigenvalue weighted by Crippen LogP contribution is -2.35. The molecular formula is C22H28N6O4. The number of fused-ring (bicyclic) bond motifs is 2. The van der Waals surface area contributed by atoms with E-state index in [2.05, 4.69) is 41.6 Å². The van der Waals surface area contributed by atoms with E-state index in [0.29, 0.717) is 17.9 Å². The van der Waals surface area contributed by atoms with E-state index < -0.39 is 10.8 Å². The molecule has 2 N–H and O–H groups in total. The fraction of sp³-hybridized carbons (Fsp3) is 0.500. The summed E-state index contributed by atoms with van der Waals surface area (Å²) in [5.74, 6) is 0.118. The van der Waals surface area contributed by atoms with E-state index in [1.165, 1.54) is 13.4 Å². The molecule has 0 radical (unpaired) electrons. The van der Waals surface area contributed by atoms with Gasteiger partial charge in [-0.05, 0) is 42.2 Å². The lowest BCUT2D eigenvalue weighted by molar-refractivity contribution is -0.383. The Kier molecular flexibility index (Phi) is 5.39. The van der Waals surface area contributed by atoms with Gasteiger partial charge in [0.05, 0.1) is 17.6 Å². The largest absolute Gasteiger partial charge is 0.496 e. The molecule has 170 valence electrons. The zero-order valence-corrected chi connectivity index (χ0v) is 18.7. The number of carbonyl (C=O) groups excluding carboxylic acids is 1. The lowest BCUT2D eigenvalue weighted by Gasteiger charge is -2.39. The minimum atomic E-state index is -0.497. The van der Waals surface area contributed by atoms with Gasteiger partial charge < -0.3 is 9.64 Å². The fourth-order valence-corrected chi connectivity index (χ4v) is 5.56. The van der Waals surface area contributed by atoms with Crippen LogP contribution in [0, 0.1) is 20.9 Å². The third-order valence-corrected chi connectivity index (χ3v) is 6.32. The lowest BCUT2D eigenvalue weighted by atomic mass is 9.65. The van der Waals surface area contributed by atoms with Gasteiger partial charge in [0.15, 0.2) is 0 Å². The van der Waals surface area contributed by atoms with E-state index in [4.69, 9.17) is 4.74 Å². The number of nitrogens with zero attached hydrogens (tertiary/aromatic N) is 4. The van der Waals surface area contributed by atoms with Gasteiger partial charge in [-0.25, -0.2) is 9.97 Å². The molecule has 32 heavy (non-hydrogen) atoms. The molecule has 1 aliphatic heterocycles. The molecule has 2 heterocycles. The predicted molar refractivity (Wildman–Crippen MR) is 120 cm³/mol. The number of methoxy groups -OCH3 is 1. The summed E-state index contributed by atoms with van der Waals surface area (Å²) in [6.45, 7) is 7.43. The third kappa shape index (κ3) is 4.04. The molecule has 1 aliphatic carbocycles. The first-order valence-electron chi connectivity index (χ1n) is 10.6. The van der Waals surface area contributed by atoms with Crippen LogP contribution in [-0.4, -0.2) is 40.5 Å². The molecule has 0 spiro atoms. The molecule has 1 saturated carbocycles. The fourth-order valence-electron chi connectivity index (χ4n) is 5.56. The zero-order chi connectivity index (χ0) is 23.1. The highest BCUT2D eigenvalue weighted by Crippen LogP contribution is 2.54. The average molecular weight is 441 g/mol. The maximum atomic E-state index is 12.6. The number of benzene rings is 1. The van der Waals surface area contributed by atoms with Crippen molar-refractivity contribution in [2.45, 2.75) is 46.1 Å². The minimum Gasteiger partial charge on any atom is -0.496 e. The summed E-state index contributed by atoms with van der Waals surface area (Å²) in [6.07, 6.45) is 4.27. The molecule has 1 saturated heterocycles. The number of ether oxygens (including phenoxy) is 1. The molecule has 2 aliphatic rings. The van der Waals surface area contributed by atoms with Crippen molar-refractivity contribution >= 4 is 23.2 Å². The first-order valence-corrected chi connectivity index (χ1v) is 10.6. The van der Waals surface area contributed by atoms with Crippen LogP contribution in [0.15, 0.2) is 30.6 Å². The standard InChI is InChI=1S/C22H28N6O4/c1-21(2)9-14-10-22(3,11-21)12-27(14)19-17(28(30)31)18(23-13-24-19)25-26-20(29)15-7-5-6-8-16(15)32-4/h5-8,13-14H,9-12H2,1-4H3,(H,26,29)(H,23,24,25). The van der Waals surface area contributed by atoms with Crippen LogP contribution in [-0.2, 0) is 0 Å². The van der Waals surface area contributed by atoms with Gasteiger partial charge in [0.2, 0.25) is 11.6 Å². The second-order valence-corrected chi connectivity index (χ2v) is 9.77. The van der Waals surface area contributed by atoms with E-state index in [1.54, 1.807) is 24.3 Å². The van der Waals surface area contributed by atoms with Crippen LogP contribution in [0.1, 0.15) is 50.4 Å². The Morgan fingerprint density at radius 1 is 1.25 bits per heavy atom. The Hall–Kier alpha value is -3.43. The molecule has 2 fully saturated rings. The highest BCUT2D eigenvalue weighted by molar-refractivity contribution is 5.97. The maximum Gasteiger partial charge on any atom is 0.355 e. The van der Waals surface area contributed by atoms with Gasteiger partial charge in [-0.3, -0.25) is 25.8 Å². The zero-order valence-electron chi connectivity index (χ0n) is 18.7. The van der Waals surface area contributed by atoms with Gasteiger partial charge in [0.1, 0.15) is 12.1 Å². The highest BCUT2D eigenvalue weighted by Gasteiger charge is 2.51. The predicted octanol–water partition coefficient (Wildman–Crippen LogP) is 3.56. The van der Waals surface area contributed by atoms with Crippen LogP contribution in [0.25, 0.3) is 0 Å². The number of rotatable bonds is 6. The van der Waals surface area contributed by atoms with Crippen LogP contribution in [0.2, 0.25) is 0 Å². The molecule has 1 aromatic heterocycles. The summed E-state index contributed by atoms with van der Waals surface area (Å²) in [5.41, 5.74) is 5.40. The van der Waals surface area contributed by atoms with Crippen molar-refractivity contribution in [2.24, 2.45) is 10.8 Å². The van der Waals surface area contributed by atoms with Crippen LogP contribution >= 0.6 is 0 Å². The summed E-state index contributed by atoms with van der Waals surface area (Å²) < 4.78 is 5.20. The number of para-hydroxylation sites is 1. The van der Waals surface area contributed by atoms with Crippen LogP contribution < -0.4 is 20.5 Å².